The van der Waals surface area contributed by atoms with Crippen LogP contribution in [-0.4, -0.2) is 25.9 Å². The van der Waals surface area contributed by atoms with E-state index in [0.717, 1.165) is 11.3 Å². The molecule has 0 aliphatic heterocycles. The largest absolute Gasteiger partial charge is 0.349 e. The van der Waals surface area contributed by atoms with Gasteiger partial charge >= 0.3 is 0 Å². The quantitative estimate of drug-likeness (QED) is 0.363. The summed E-state index contributed by atoms with van der Waals surface area (Å²) in [4.78, 5) is 12.9. The van der Waals surface area contributed by atoms with Crippen LogP contribution in [0.15, 0.2) is 84.0 Å². The van der Waals surface area contributed by atoms with Crippen molar-refractivity contribution in [3.63, 3.8) is 0 Å². The number of nitrogens with zero attached hydrogens (tertiary/aromatic N) is 3. The average Bonchev–Trinajstić information content (AvgIpc) is 3.23. The van der Waals surface area contributed by atoms with Crippen LogP contribution in [0.4, 0.5) is 8.78 Å². The molecule has 1 aromatic heterocycles. The molecule has 0 saturated heterocycles. The molecule has 0 aliphatic rings. The van der Waals surface area contributed by atoms with E-state index >= 15 is 0 Å². The van der Waals surface area contributed by atoms with Gasteiger partial charge in [-0.2, -0.15) is 0 Å². The van der Waals surface area contributed by atoms with E-state index in [9.17, 15) is 13.6 Å². The second kappa shape index (κ2) is 9.95. The van der Waals surface area contributed by atoms with Gasteiger partial charge in [0.25, 0.3) is 0 Å². The van der Waals surface area contributed by atoms with Crippen molar-refractivity contribution < 1.29 is 13.6 Å². The summed E-state index contributed by atoms with van der Waals surface area (Å²) >= 11 is 1.27. The molecule has 0 bridgehead atoms. The van der Waals surface area contributed by atoms with E-state index in [1.54, 1.807) is 31.2 Å². The molecule has 0 spiro atoms. The smallest absolute Gasteiger partial charge is 0.233 e. The monoisotopic (exact) mass is 464 g/mol. The Morgan fingerprint density at radius 3 is 2.12 bits per heavy atom. The lowest BCUT2D eigenvalue weighted by Gasteiger charge is -2.18. The third-order valence-corrected chi connectivity index (χ3v) is 6.17. The first-order valence-electron chi connectivity index (χ1n) is 10.4. The number of hydrogen-bond acceptors (Lipinski definition) is 4. The maximum absolute atomic E-state index is 13.4. The summed E-state index contributed by atoms with van der Waals surface area (Å²) in [5.74, 6) is -0.281. The molecule has 0 saturated carbocycles. The lowest BCUT2D eigenvalue weighted by Crippen LogP contribution is -2.33. The van der Waals surface area contributed by atoms with E-state index in [-0.39, 0.29) is 23.6 Å². The molecule has 4 rings (SSSR count). The fourth-order valence-corrected chi connectivity index (χ4v) is 4.20. The zero-order valence-electron chi connectivity index (χ0n) is 18.1. The van der Waals surface area contributed by atoms with E-state index in [1.165, 1.54) is 36.0 Å². The molecular weight excluding hydrogens is 442 g/mol. The van der Waals surface area contributed by atoms with Crippen LogP contribution in [0.25, 0.3) is 17.1 Å². The Labute approximate surface area is 194 Å². The first kappa shape index (κ1) is 22.7. The third-order valence-electron chi connectivity index (χ3n) is 5.13. The van der Waals surface area contributed by atoms with E-state index < -0.39 is 5.25 Å². The fraction of sp³-hybridized carbons (Fsp3) is 0.160. The zero-order valence-corrected chi connectivity index (χ0v) is 18.9. The summed E-state index contributed by atoms with van der Waals surface area (Å²) < 4.78 is 28.5. The number of halogens is 2. The van der Waals surface area contributed by atoms with Crippen molar-refractivity contribution in [1.82, 2.24) is 20.1 Å². The van der Waals surface area contributed by atoms with Crippen molar-refractivity contribution in [2.75, 3.05) is 0 Å². The minimum Gasteiger partial charge on any atom is -0.349 e. The van der Waals surface area contributed by atoms with Gasteiger partial charge in [0.15, 0.2) is 11.0 Å². The highest BCUT2D eigenvalue weighted by Gasteiger charge is 2.23. The summed E-state index contributed by atoms with van der Waals surface area (Å²) in [6.07, 6.45) is 0. The summed E-state index contributed by atoms with van der Waals surface area (Å²) in [5.41, 5.74) is 2.35. The van der Waals surface area contributed by atoms with Gasteiger partial charge in [-0.15, -0.1) is 10.2 Å². The number of thioether (sulfide) groups is 1. The molecular formula is C25H22F2N4OS. The summed E-state index contributed by atoms with van der Waals surface area (Å²) in [6, 6.07) is 21.4. The van der Waals surface area contributed by atoms with Crippen LogP contribution in [-0.2, 0) is 4.79 Å². The minimum absolute atomic E-state index is 0.178. The standard InChI is InChI=1S/C25H22F2N4OS/c1-16(18-8-12-20(26)13-9-18)28-24(32)17(2)33-25-30-29-23(19-10-14-21(27)15-11-19)31(25)22-6-4-3-5-7-22/h3-17H,1-2H3,(H,28,32). The molecule has 1 heterocycles. The molecule has 5 nitrogen and oxygen atoms in total. The number of rotatable bonds is 7. The number of carbonyl (C=O) groups is 1. The highest BCUT2D eigenvalue weighted by atomic mass is 32.2. The second-order valence-corrected chi connectivity index (χ2v) is 8.83. The van der Waals surface area contributed by atoms with Crippen LogP contribution in [0.1, 0.15) is 25.5 Å². The van der Waals surface area contributed by atoms with Crippen molar-refractivity contribution in [1.29, 1.82) is 0 Å². The molecule has 0 fully saturated rings. The van der Waals surface area contributed by atoms with Crippen molar-refractivity contribution in [2.24, 2.45) is 0 Å². The molecule has 8 heteroatoms. The predicted molar refractivity (Wildman–Crippen MR) is 125 cm³/mol. The molecule has 1 N–H and O–H groups in total. The Bertz CT molecular complexity index is 1230. The van der Waals surface area contributed by atoms with Crippen molar-refractivity contribution in [2.45, 2.75) is 30.3 Å². The third kappa shape index (κ3) is 5.28. The Morgan fingerprint density at radius 2 is 1.48 bits per heavy atom. The molecule has 1 amide bonds. The number of para-hydroxylation sites is 1. The summed E-state index contributed by atoms with van der Waals surface area (Å²) in [5, 5.41) is 11.7. The fourth-order valence-electron chi connectivity index (χ4n) is 3.32. The van der Waals surface area contributed by atoms with Crippen LogP contribution in [0.2, 0.25) is 0 Å². The lowest BCUT2D eigenvalue weighted by molar-refractivity contribution is -0.120. The minimum atomic E-state index is -0.472. The van der Waals surface area contributed by atoms with Crippen molar-refractivity contribution in [3.05, 3.63) is 96.1 Å². The van der Waals surface area contributed by atoms with Gasteiger partial charge in [0.2, 0.25) is 5.91 Å². The Morgan fingerprint density at radius 1 is 0.879 bits per heavy atom. The number of aromatic nitrogens is 3. The van der Waals surface area contributed by atoms with Crippen LogP contribution < -0.4 is 5.32 Å². The highest BCUT2D eigenvalue weighted by Crippen LogP contribution is 2.30. The van der Waals surface area contributed by atoms with Crippen LogP contribution >= 0.6 is 11.8 Å². The Kier molecular flexibility index (Phi) is 6.84. The van der Waals surface area contributed by atoms with Gasteiger partial charge < -0.3 is 5.32 Å². The molecule has 168 valence electrons. The van der Waals surface area contributed by atoms with E-state index in [0.29, 0.717) is 16.5 Å². The first-order chi connectivity index (χ1) is 15.9. The molecule has 2 unspecified atom stereocenters. The van der Waals surface area contributed by atoms with Crippen molar-refractivity contribution >= 4 is 17.7 Å². The van der Waals surface area contributed by atoms with Crippen LogP contribution in [0, 0.1) is 11.6 Å². The molecule has 33 heavy (non-hydrogen) atoms. The highest BCUT2D eigenvalue weighted by molar-refractivity contribution is 8.00. The lowest BCUT2D eigenvalue weighted by atomic mass is 10.1. The van der Waals surface area contributed by atoms with Gasteiger partial charge in [-0.3, -0.25) is 9.36 Å². The second-order valence-electron chi connectivity index (χ2n) is 7.53. The molecule has 3 aromatic carbocycles. The van der Waals surface area contributed by atoms with Gasteiger partial charge in [-0.1, -0.05) is 42.1 Å². The predicted octanol–water partition coefficient (Wildman–Crippen LogP) is 5.57. The topological polar surface area (TPSA) is 59.8 Å². The number of amides is 1. The van der Waals surface area contributed by atoms with Crippen LogP contribution in [0.3, 0.4) is 0 Å². The maximum atomic E-state index is 13.4. The molecule has 0 aliphatic carbocycles. The molecule has 0 radical (unpaired) electrons. The number of hydrogen-bond donors (Lipinski definition) is 1. The number of nitrogens with one attached hydrogen (secondary N) is 1. The Hall–Kier alpha value is -3.52. The van der Waals surface area contributed by atoms with E-state index in [4.69, 9.17) is 0 Å². The Balaban J connectivity index is 1.57. The zero-order chi connectivity index (χ0) is 23.4. The van der Waals surface area contributed by atoms with Crippen molar-refractivity contribution in [3.8, 4) is 17.1 Å². The van der Waals surface area contributed by atoms with Crippen LogP contribution in [0.5, 0.6) is 0 Å². The van der Waals surface area contributed by atoms with Gasteiger partial charge in [-0.05, 0) is 67.9 Å². The van der Waals surface area contributed by atoms with Gasteiger partial charge in [0.1, 0.15) is 11.6 Å². The maximum Gasteiger partial charge on any atom is 0.233 e. The average molecular weight is 465 g/mol. The number of benzene rings is 3. The summed E-state index contributed by atoms with van der Waals surface area (Å²) in [6.45, 7) is 3.64. The summed E-state index contributed by atoms with van der Waals surface area (Å²) in [7, 11) is 0. The van der Waals surface area contributed by atoms with Gasteiger partial charge in [-0.25, -0.2) is 8.78 Å². The van der Waals surface area contributed by atoms with Gasteiger partial charge in [0, 0.05) is 11.3 Å². The van der Waals surface area contributed by atoms with Gasteiger partial charge in [0.05, 0.1) is 11.3 Å². The SMILES string of the molecule is CC(Sc1nnc(-c2ccc(F)cc2)n1-c1ccccc1)C(=O)NC(C)c1ccc(F)cc1. The molecule has 2 atom stereocenters. The molecule has 4 aromatic rings. The van der Waals surface area contributed by atoms with E-state index in [2.05, 4.69) is 15.5 Å². The number of carbonyl (C=O) groups excluding carboxylic acids is 1. The normalized spacial score (nSPS) is 12.8. The van der Waals surface area contributed by atoms with E-state index in [1.807, 2.05) is 41.8 Å². The first-order valence-corrected chi connectivity index (χ1v) is 11.3.